The molecule has 0 unspecified atom stereocenters. The Morgan fingerprint density at radius 2 is 1.97 bits per heavy atom. The van der Waals surface area contributed by atoms with Gasteiger partial charge in [0, 0.05) is 38.4 Å². The Labute approximate surface area is 174 Å². The van der Waals surface area contributed by atoms with E-state index < -0.39 is 6.10 Å². The minimum Gasteiger partial charge on any atom is -0.393 e. The summed E-state index contributed by atoms with van der Waals surface area (Å²) in [6.45, 7) is 4.75. The molecule has 29 heavy (non-hydrogen) atoms. The van der Waals surface area contributed by atoms with Crippen molar-refractivity contribution < 1.29 is 14.7 Å². The largest absolute Gasteiger partial charge is 0.393 e. The first kappa shape index (κ1) is 19.8. The van der Waals surface area contributed by atoms with E-state index in [9.17, 15) is 14.7 Å². The summed E-state index contributed by atoms with van der Waals surface area (Å²) < 4.78 is 0. The summed E-state index contributed by atoms with van der Waals surface area (Å²) in [7, 11) is 0. The van der Waals surface area contributed by atoms with E-state index in [2.05, 4.69) is 4.98 Å². The molecule has 2 saturated heterocycles. The fourth-order valence-corrected chi connectivity index (χ4v) is 5.57. The summed E-state index contributed by atoms with van der Waals surface area (Å²) in [6, 6.07) is 9.76. The first-order chi connectivity index (χ1) is 13.9. The molecule has 2 aliphatic rings. The molecule has 2 aromatic rings. The number of nitrogens with two attached hydrogens (primary N) is 1. The van der Waals surface area contributed by atoms with Gasteiger partial charge in [-0.2, -0.15) is 0 Å². The molecule has 0 saturated carbocycles. The van der Waals surface area contributed by atoms with Gasteiger partial charge in [0.15, 0.2) is 5.13 Å². The van der Waals surface area contributed by atoms with E-state index >= 15 is 0 Å². The molecule has 3 heterocycles. The van der Waals surface area contributed by atoms with Crippen LogP contribution in [0.1, 0.15) is 40.2 Å². The van der Waals surface area contributed by atoms with E-state index in [-0.39, 0.29) is 29.7 Å². The third-order valence-electron chi connectivity index (χ3n) is 6.19. The molecule has 154 valence electrons. The lowest BCUT2D eigenvalue weighted by Crippen LogP contribution is -2.46. The van der Waals surface area contributed by atoms with Gasteiger partial charge < -0.3 is 20.6 Å². The van der Waals surface area contributed by atoms with Crippen LogP contribution in [0.15, 0.2) is 30.3 Å². The lowest BCUT2D eigenvalue weighted by atomic mass is 9.81. The maximum atomic E-state index is 13.5. The van der Waals surface area contributed by atoms with Gasteiger partial charge in [0.05, 0.1) is 17.8 Å². The fraction of sp³-hybridized carbons (Fsp3) is 0.476. The second-order valence-corrected chi connectivity index (χ2v) is 8.94. The van der Waals surface area contributed by atoms with Crippen LogP contribution in [-0.4, -0.2) is 63.5 Å². The third kappa shape index (κ3) is 3.62. The minimum absolute atomic E-state index is 0.0117. The van der Waals surface area contributed by atoms with Crippen LogP contribution in [0.3, 0.4) is 0 Å². The minimum atomic E-state index is -0.583. The molecule has 0 aliphatic carbocycles. The van der Waals surface area contributed by atoms with Crippen molar-refractivity contribution in [2.24, 2.45) is 5.92 Å². The summed E-state index contributed by atoms with van der Waals surface area (Å²) in [4.78, 5) is 33.9. The number of hydrogen-bond acceptors (Lipinski definition) is 6. The number of aryl methyl sites for hydroxylation is 1. The Morgan fingerprint density at radius 1 is 1.24 bits per heavy atom. The number of benzene rings is 1. The molecule has 4 atom stereocenters. The summed E-state index contributed by atoms with van der Waals surface area (Å²) in [5.74, 6) is -0.275. The van der Waals surface area contributed by atoms with Gasteiger partial charge >= 0.3 is 0 Å². The van der Waals surface area contributed by atoms with Crippen LogP contribution in [0.4, 0.5) is 5.13 Å². The van der Waals surface area contributed by atoms with E-state index in [1.165, 1.54) is 18.3 Å². The first-order valence-electron chi connectivity index (χ1n) is 9.89. The SMILES string of the molecule is CC(=O)N1CC[C@@H](O)[C@@H]2[C@@H](C1)N(C(=O)c1sc(N)nc1C)C[C@H]2c1ccccc1. The Kier molecular flexibility index (Phi) is 5.31. The summed E-state index contributed by atoms with van der Waals surface area (Å²) in [5.41, 5.74) is 7.54. The zero-order chi connectivity index (χ0) is 20.7. The van der Waals surface area contributed by atoms with Gasteiger partial charge in [0.25, 0.3) is 5.91 Å². The molecule has 0 spiro atoms. The number of likely N-dealkylation sites (tertiary alicyclic amines) is 2. The molecule has 0 radical (unpaired) electrons. The zero-order valence-electron chi connectivity index (χ0n) is 16.6. The fourth-order valence-electron chi connectivity index (χ4n) is 4.78. The van der Waals surface area contributed by atoms with E-state index in [0.717, 1.165) is 5.56 Å². The topological polar surface area (TPSA) is 99.8 Å². The average molecular weight is 415 g/mol. The number of aliphatic hydroxyl groups is 1. The van der Waals surface area contributed by atoms with Crippen molar-refractivity contribution in [2.45, 2.75) is 38.3 Å². The molecule has 8 heteroatoms. The van der Waals surface area contributed by atoms with E-state index in [1.54, 1.807) is 11.8 Å². The Hall–Kier alpha value is -2.45. The molecule has 7 nitrogen and oxygen atoms in total. The number of rotatable bonds is 2. The number of hydrogen-bond donors (Lipinski definition) is 2. The predicted molar refractivity (Wildman–Crippen MR) is 112 cm³/mol. The van der Waals surface area contributed by atoms with Gasteiger partial charge in [-0.05, 0) is 18.9 Å². The third-order valence-corrected chi connectivity index (χ3v) is 7.17. The first-order valence-corrected chi connectivity index (χ1v) is 10.7. The summed E-state index contributed by atoms with van der Waals surface area (Å²) in [6.07, 6.45) is -0.0708. The van der Waals surface area contributed by atoms with Crippen LogP contribution in [0.25, 0.3) is 0 Å². The standard InChI is InChI=1S/C21H26N4O3S/c1-12-19(29-21(22)23-12)20(28)25-10-15(14-6-4-3-5-7-14)18-16(25)11-24(13(2)26)9-8-17(18)27/h3-7,15-18,27H,8-11H2,1-2H3,(H2,22,23)/t15-,16+,17+,18-/m0/s1. The highest BCUT2D eigenvalue weighted by Gasteiger charge is 2.50. The molecule has 4 rings (SSSR count). The monoisotopic (exact) mass is 414 g/mol. The number of amides is 2. The average Bonchev–Trinajstić information content (AvgIpc) is 3.18. The molecular formula is C21H26N4O3S. The number of carbonyl (C=O) groups is 2. The quantitative estimate of drug-likeness (QED) is 0.782. The van der Waals surface area contributed by atoms with Crippen LogP contribution < -0.4 is 5.73 Å². The molecule has 1 aromatic carbocycles. The second kappa shape index (κ2) is 7.76. The normalized spacial score (nSPS) is 26.9. The second-order valence-electron chi connectivity index (χ2n) is 7.91. The van der Waals surface area contributed by atoms with Gasteiger partial charge in [-0.1, -0.05) is 41.7 Å². The van der Waals surface area contributed by atoms with E-state index in [1.807, 2.05) is 35.2 Å². The van der Waals surface area contributed by atoms with Crippen LogP contribution in [0.2, 0.25) is 0 Å². The number of aliphatic hydroxyl groups excluding tert-OH is 1. The van der Waals surface area contributed by atoms with Crippen LogP contribution in [-0.2, 0) is 4.79 Å². The Balaban J connectivity index is 1.74. The van der Waals surface area contributed by atoms with Crippen LogP contribution in [0, 0.1) is 12.8 Å². The predicted octanol–water partition coefficient (Wildman–Crippen LogP) is 1.87. The molecular weight excluding hydrogens is 388 g/mol. The van der Waals surface area contributed by atoms with Crippen molar-refractivity contribution in [1.82, 2.24) is 14.8 Å². The summed E-state index contributed by atoms with van der Waals surface area (Å²) >= 11 is 1.19. The number of fused-ring (bicyclic) bond motifs is 1. The lowest BCUT2D eigenvalue weighted by molar-refractivity contribution is -0.129. The van der Waals surface area contributed by atoms with Crippen LogP contribution in [0.5, 0.6) is 0 Å². The van der Waals surface area contributed by atoms with Gasteiger partial charge in [0.2, 0.25) is 5.91 Å². The number of carbonyl (C=O) groups excluding carboxylic acids is 2. The molecule has 3 N–H and O–H groups in total. The highest BCUT2D eigenvalue weighted by Crippen LogP contribution is 2.43. The van der Waals surface area contributed by atoms with Crippen molar-refractivity contribution in [3.05, 3.63) is 46.5 Å². The van der Waals surface area contributed by atoms with Gasteiger partial charge in [0.1, 0.15) is 4.88 Å². The molecule has 0 bridgehead atoms. The van der Waals surface area contributed by atoms with Crippen LogP contribution >= 0.6 is 11.3 Å². The van der Waals surface area contributed by atoms with Crippen molar-refractivity contribution in [1.29, 1.82) is 0 Å². The number of nitrogen functional groups attached to an aromatic ring is 1. The molecule has 2 aliphatic heterocycles. The number of thiazole rings is 1. The van der Waals surface area contributed by atoms with Crippen molar-refractivity contribution in [3.8, 4) is 0 Å². The van der Waals surface area contributed by atoms with Crippen molar-refractivity contribution >= 4 is 28.3 Å². The smallest absolute Gasteiger partial charge is 0.266 e. The summed E-state index contributed by atoms with van der Waals surface area (Å²) in [5, 5.41) is 11.4. The number of nitrogens with zero attached hydrogens (tertiary/aromatic N) is 3. The Morgan fingerprint density at radius 3 is 2.59 bits per heavy atom. The van der Waals surface area contributed by atoms with Crippen molar-refractivity contribution in [2.75, 3.05) is 25.4 Å². The van der Waals surface area contributed by atoms with Crippen molar-refractivity contribution in [3.63, 3.8) is 0 Å². The van der Waals surface area contributed by atoms with Gasteiger partial charge in [-0.25, -0.2) is 4.98 Å². The number of anilines is 1. The number of aromatic nitrogens is 1. The van der Waals surface area contributed by atoms with Gasteiger partial charge in [-0.3, -0.25) is 9.59 Å². The highest BCUT2D eigenvalue weighted by atomic mass is 32.1. The Bertz CT molecular complexity index is 916. The molecule has 2 amide bonds. The molecule has 2 fully saturated rings. The maximum absolute atomic E-state index is 13.5. The van der Waals surface area contributed by atoms with E-state index in [0.29, 0.717) is 41.8 Å². The van der Waals surface area contributed by atoms with Gasteiger partial charge in [-0.15, -0.1) is 0 Å². The maximum Gasteiger partial charge on any atom is 0.266 e. The zero-order valence-corrected chi connectivity index (χ0v) is 17.4. The highest BCUT2D eigenvalue weighted by molar-refractivity contribution is 7.17. The van der Waals surface area contributed by atoms with E-state index in [4.69, 9.17) is 5.73 Å². The lowest BCUT2D eigenvalue weighted by Gasteiger charge is -2.31. The molecule has 1 aromatic heterocycles.